The van der Waals surface area contributed by atoms with E-state index in [-0.39, 0.29) is 11.9 Å². The van der Waals surface area contributed by atoms with Gasteiger partial charge in [0.05, 0.1) is 0 Å². The maximum absolute atomic E-state index is 10.8. The first-order valence-electron chi connectivity index (χ1n) is 4.89. The number of carbonyl (C=O) groups excluding carboxylic acids is 1. The van der Waals surface area contributed by atoms with Crippen molar-refractivity contribution in [1.82, 2.24) is 10.6 Å². The number of nitrogens with one attached hydrogen (secondary N) is 2. The lowest BCUT2D eigenvalue weighted by Gasteiger charge is -2.15. The number of rotatable bonds is 5. The van der Waals surface area contributed by atoms with E-state index in [1.165, 1.54) is 0 Å². The summed E-state index contributed by atoms with van der Waals surface area (Å²) in [6, 6.07) is -0.414. The summed E-state index contributed by atoms with van der Waals surface area (Å²) in [4.78, 5) is 21.5. The van der Waals surface area contributed by atoms with Crippen molar-refractivity contribution < 1.29 is 14.7 Å². The van der Waals surface area contributed by atoms with E-state index >= 15 is 0 Å². The second-order valence-electron chi connectivity index (χ2n) is 3.51. The van der Waals surface area contributed by atoms with Crippen LogP contribution in [0.5, 0.6) is 0 Å². The number of aliphatic carboxylic acids is 1. The average Bonchev–Trinajstić information content (AvgIpc) is 2.52. The number of carboxylic acids is 1. The van der Waals surface area contributed by atoms with Crippen LogP contribution in [0.15, 0.2) is 0 Å². The number of hydrogen-bond donors (Lipinski definition) is 3. The zero-order valence-corrected chi connectivity index (χ0v) is 8.25. The molecule has 1 heterocycles. The summed E-state index contributed by atoms with van der Waals surface area (Å²) in [6.45, 7) is 2.36. The van der Waals surface area contributed by atoms with E-state index in [4.69, 9.17) is 5.11 Å². The van der Waals surface area contributed by atoms with E-state index in [1.807, 2.05) is 6.92 Å². The number of amides is 1. The Bertz CT molecular complexity index is 230. The Hall–Kier alpha value is -1.10. The van der Waals surface area contributed by atoms with Gasteiger partial charge in [-0.15, -0.1) is 0 Å². The third-order valence-corrected chi connectivity index (χ3v) is 2.40. The van der Waals surface area contributed by atoms with Gasteiger partial charge in [0, 0.05) is 19.0 Å². The summed E-state index contributed by atoms with van der Waals surface area (Å²) in [5.41, 5.74) is 0. The van der Waals surface area contributed by atoms with Gasteiger partial charge in [-0.05, 0) is 12.8 Å². The number of carbonyl (C=O) groups is 2. The molecule has 0 bridgehead atoms. The molecule has 2 atom stereocenters. The van der Waals surface area contributed by atoms with Crippen LogP contribution in [0, 0.1) is 0 Å². The minimum Gasteiger partial charge on any atom is -0.480 e. The highest BCUT2D eigenvalue weighted by atomic mass is 16.4. The van der Waals surface area contributed by atoms with Crippen LogP contribution in [-0.2, 0) is 9.59 Å². The van der Waals surface area contributed by atoms with E-state index in [0.717, 1.165) is 6.42 Å². The van der Waals surface area contributed by atoms with E-state index in [0.29, 0.717) is 19.4 Å². The Balaban J connectivity index is 2.25. The van der Waals surface area contributed by atoms with Crippen LogP contribution in [0.1, 0.15) is 26.2 Å². The molecule has 0 spiro atoms. The van der Waals surface area contributed by atoms with Crippen molar-refractivity contribution in [2.45, 2.75) is 38.3 Å². The normalized spacial score (nSPS) is 23.2. The molecular formula is C9H16N2O3. The van der Waals surface area contributed by atoms with Crippen molar-refractivity contribution in [3.63, 3.8) is 0 Å². The van der Waals surface area contributed by atoms with Crippen LogP contribution in [0.4, 0.5) is 0 Å². The summed E-state index contributed by atoms with van der Waals surface area (Å²) in [7, 11) is 0. The van der Waals surface area contributed by atoms with Gasteiger partial charge < -0.3 is 15.7 Å². The summed E-state index contributed by atoms with van der Waals surface area (Å²) >= 11 is 0. The molecule has 1 amide bonds. The van der Waals surface area contributed by atoms with Crippen LogP contribution >= 0.6 is 0 Å². The van der Waals surface area contributed by atoms with Gasteiger partial charge in [-0.3, -0.25) is 9.59 Å². The quantitative estimate of drug-likeness (QED) is 0.570. The Morgan fingerprint density at radius 3 is 2.93 bits per heavy atom. The zero-order valence-electron chi connectivity index (χ0n) is 8.25. The minimum atomic E-state index is -0.836. The van der Waals surface area contributed by atoms with Crippen LogP contribution in [0.2, 0.25) is 0 Å². The fourth-order valence-corrected chi connectivity index (χ4v) is 1.52. The van der Waals surface area contributed by atoms with Crippen molar-refractivity contribution in [2.24, 2.45) is 0 Å². The Labute approximate surface area is 82.9 Å². The van der Waals surface area contributed by atoms with E-state index in [9.17, 15) is 9.59 Å². The molecule has 5 heteroatoms. The fourth-order valence-electron chi connectivity index (χ4n) is 1.52. The lowest BCUT2D eigenvalue weighted by molar-refractivity contribution is -0.139. The average molecular weight is 200 g/mol. The molecule has 1 aliphatic heterocycles. The highest BCUT2D eigenvalue weighted by Crippen LogP contribution is 2.05. The van der Waals surface area contributed by atoms with Crippen LogP contribution in [0.25, 0.3) is 0 Å². The maximum atomic E-state index is 10.8. The smallest absolute Gasteiger partial charge is 0.320 e. The highest BCUT2D eigenvalue weighted by Gasteiger charge is 2.22. The lowest BCUT2D eigenvalue weighted by atomic mass is 10.2. The summed E-state index contributed by atoms with van der Waals surface area (Å²) in [5, 5.41) is 14.4. The maximum Gasteiger partial charge on any atom is 0.320 e. The van der Waals surface area contributed by atoms with Crippen molar-refractivity contribution in [3.8, 4) is 0 Å². The van der Waals surface area contributed by atoms with Crippen LogP contribution in [0.3, 0.4) is 0 Å². The number of hydrogen-bond acceptors (Lipinski definition) is 3. The molecule has 0 aromatic carbocycles. The molecular weight excluding hydrogens is 184 g/mol. The molecule has 5 nitrogen and oxygen atoms in total. The predicted octanol–water partition coefficient (Wildman–Crippen LogP) is -0.282. The predicted molar refractivity (Wildman–Crippen MR) is 50.9 cm³/mol. The minimum absolute atomic E-state index is 0.0557. The molecule has 14 heavy (non-hydrogen) atoms. The molecule has 0 aromatic rings. The first-order valence-corrected chi connectivity index (χ1v) is 4.89. The van der Waals surface area contributed by atoms with Crippen LogP contribution < -0.4 is 10.6 Å². The van der Waals surface area contributed by atoms with Crippen molar-refractivity contribution in [1.29, 1.82) is 0 Å². The Kier molecular flexibility index (Phi) is 3.88. The molecule has 1 fully saturated rings. The molecule has 80 valence electrons. The molecule has 0 aromatic heterocycles. The standard InChI is InChI=1S/C9H16N2O3/c1-2-7(9(13)14)10-5-6-3-4-8(12)11-6/h6-7,10H,2-5H2,1H3,(H,11,12)(H,13,14). The first-order chi connectivity index (χ1) is 6.63. The van der Waals surface area contributed by atoms with Gasteiger partial charge in [0.2, 0.25) is 5.91 Å². The molecule has 1 aliphatic rings. The van der Waals surface area contributed by atoms with Crippen molar-refractivity contribution in [2.75, 3.05) is 6.54 Å². The first kappa shape index (κ1) is 11.0. The molecule has 0 saturated carbocycles. The van der Waals surface area contributed by atoms with Gasteiger partial charge >= 0.3 is 5.97 Å². The lowest BCUT2D eigenvalue weighted by Crippen LogP contribution is -2.43. The summed E-state index contributed by atoms with van der Waals surface area (Å²) in [6.07, 6.45) is 1.90. The van der Waals surface area contributed by atoms with Gasteiger partial charge in [0.25, 0.3) is 0 Å². The Morgan fingerprint density at radius 2 is 2.50 bits per heavy atom. The Morgan fingerprint density at radius 1 is 1.79 bits per heavy atom. The largest absolute Gasteiger partial charge is 0.480 e. The molecule has 0 aliphatic carbocycles. The van der Waals surface area contributed by atoms with Gasteiger partial charge in [0.15, 0.2) is 0 Å². The number of carboxylic acid groups (broad SMARTS) is 1. The second kappa shape index (κ2) is 4.95. The summed E-state index contributed by atoms with van der Waals surface area (Å²) < 4.78 is 0. The van der Waals surface area contributed by atoms with Crippen molar-refractivity contribution in [3.05, 3.63) is 0 Å². The van der Waals surface area contributed by atoms with E-state index in [2.05, 4.69) is 10.6 Å². The van der Waals surface area contributed by atoms with Crippen molar-refractivity contribution >= 4 is 11.9 Å². The van der Waals surface area contributed by atoms with E-state index < -0.39 is 12.0 Å². The SMILES string of the molecule is CCC(NCC1CCC(=O)N1)C(=O)O. The summed E-state index contributed by atoms with van der Waals surface area (Å²) in [5.74, 6) is -0.781. The van der Waals surface area contributed by atoms with E-state index in [1.54, 1.807) is 0 Å². The van der Waals surface area contributed by atoms with Gasteiger partial charge in [-0.1, -0.05) is 6.92 Å². The monoisotopic (exact) mass is 200 g/mol. The van der Waals surface area contributed by atoms with Gasteiger partial charge in [-0.2, -0.15) is 0 Å². The molecule has 1 rings (SSSR count). The van der Waals surface area contributed by atoms with Gasteiger partial charge in [-0.25, -0.2) is 0 Å². The zero-order chi connectivity index (χ0) is 10.6. The molecule has 0 radical (unpaired) electrons. The van der Waals surface area contributed by atoms with Crippen LogP contribution in [-0.4, -0.2) is 35.6 Å². The molecule has 3 N–H and O–H groups in total. The van der Waals surface area contributed by atoms with Gasteiger partial charge in [0.1, 0.15) is 6.04 Å². The molecule has 1 saturated heterocycles. The highest BCUT2D eigenvalue weighted by molar-refractivity contribution is 5.78. The topological polar surface area (TPSA) is 78.4 Å². The third-order valence-electron chi connectivity index (χ3n) is 2.40. The molecule has 2 unspecified atom stereocenters. The second-order valence-corrected chi connectivity index (χ2v) is 3.51. The third kappa shape index (κ3) is 2.99. The fraction of sp³-hybridized carbons (Fsp3) is 0.778.